The Morgan fingerprint density at radius 1 is 1.50 bits per heavy atom. The predicted octanol–water partition coefficient (Wildman–Crippen LogP) is 1.19. The van der Waals surface area contributed by atoms with Gasteiger partial charge >= 0.3 is 0 Å². The van der Waals surface area contributed by atoms with Crippen LogP contribution in [0.2, 0.25) is 0 Å². The molecule has 0 aliphatic carbocycles. The van der Waals surface area contributed by atoms with Gasteiger partial charge in [-0.15, -0.1) is 0 Å². The molecule has 0 aliphatic heterocycles. The van der Waals surface area contributed by atoms with Crippen LogP contribution in [0.25, 0.3) is 0 Å². The predicted molar refractivity (Wildman–Crippen MR) is 52.1 cm³/mol. The molecule has 0 aromatic heterocycles. The Kier molecular flexibility index (Phi) is 3.41. The monoisotopic (exact) mass is 196 g/mol. The number of rotatable bonds is 4. The van der Waals surface area contributed by atoms with E-state index < -0.39 is 4.92 Å². The summed E-state index contributed by atoms with van der Waals surface area (Å²) in [6, 6.07) is 4.03. The SMILES string of the molecule is NCCCc1cc(O)ccc1[N+](=O)[O-]. The van der Waals surface area contributed by atoms with Crippen LogP contribution >= 0.6 is 0 Å². The van der Waals surface area contributed by atoms with Crippen molar-refractivity contribution >= 4 is 5.69 Å². The molecule has 0 aliphatic rings. The summed E-state index contributed by atoms with van der Waals surface area (Å²) in [4.78, 5) is 10.1. The van der Waals surface area contributed by atoms with Gasteiger partial charge in [-0.25, -0.2) is 0 Å². The van der Waals surface area contributed by atoms with E-state index in [4.69, 9.17) is 10.8 Å². The Hall–Kier alpha value is -1.62. The van der Waals surface area contributed by atoms with Gasteiger partial charge in [0.15, 0.2) is 0 Å². The Morgan fingerprint density at radius 3 is 2.79 bits per heavy atom. The molecule has 0 amide bonds. The lowest BCUT2D eigenvalue weighted by Crippen LogP contribution is -2.02. The number of phenols is 1. The van der Waals surface area contributed by atoms with Crippen molar-refractivity contribution in [2.24, 2.45) is 5.73 Å². The van der Waals surface area contributed by atoms with Crippen molar-refractivity contribution in [2.45, 2.75) is 12.8 Å². The number of nitro benzene ring substituents is 1. The molecule has 14 heavy (non-hydrogen) atoms. The highest BCUT2D eigenvalue weighted by Gasteiger charge is 2.12. The van der Waals surface area contributed by atoms with Gasteiger partial charge in [-0.1, -0.05) is 0 Å². The Morgan fingerprint density at radius 2 is 2.21 bits per heavy atom. The van der Waals surface area contributed by atoms with E-state index in [2.05, 4.69) is 0 Å². The van der Waals surface area contributed by atoms with Gasteiger partial charge in [0.25, 0.3) is 5.69 Å². The normalized spacial score (nSPS) is 10.1. The van der Waals surface area contributed by atoms with Gasteiger partial charge < -0.3 is 10.8 Å². The van der Waals surface area contributed by atoms with Crippen molar-refractivity contribution in [3.8, 4) is 5.75 Å². The summed E-state index contributed by atoms with van der Waals surface area (Å²) in [6.07, 6.45) is 1.19. The fourth-order valence-electron chi connectivity index (χ4n) is 1.24. The summed E-state index contributed by atoms with van der Waals surface area (Å²) in [5, 5.41) is 19.8. The quantitative estimate of drug-likeness (QED) is 0.559. The summed E-state index contributed by atoms with van der Waals surface area (Å²) in [5.41, 5.74) is 5.87. The highest BCUT2D eigenvalue weighted by Crippen LogP contribution is 2.24. The number of hydrogen-bond donors (Lipinski definition) is 2. The number of hydrogen-bond acceptors (Lipinski definition) is 4. The van der Waals surface area contributed by atoms with Crippen LogP contribution in [0.5, 0.6) is 5.75 Å². The summed E-state index contributed by atoms with van der Waals surface area (Å²) in [7, 11) is 0. The topological polar surface area (TPSA) is 89.4 Å². The van der Waals surface area contributed by atoms with Crippen LogP contribution in [-0.2, 0) is 6.42 Å². The highest BCUT2D eigenvalue weighted by molar-refractivity contribution is 5.44. The van der Waals surface area contributed by atoms with Crippen molar-refractivity contribution in [3.63, 3.8) is 0 Å². The number of aromatic hydroxyl groups is 1. The molecule has 0 fully saturated rings. The number of nitrogens with zero attached hydrogens (tertiary/aromatic N) is 1. The summed E-state index contributed by atoms with van der Waals surface area (Å²) in [5.74, 6) is 0.0441. The molecule has 1 rings (SSSR count). The van der Waals surface area contributed by atoms with Crippen molar-refractivity contribution in [1.82, 2.24) is 0 Å². The molecule has 1 aromatic carbocycles. The van der Waals surface area contributed by atoms with E-state index in [9.17, 15) is 10.1 Å². The standard InChI is InChI=1S/C9H12N2O3/c10-5-1-2-7-6-8(12)3-4-9(7)11(13)14/h3-4,6,12H,1-2,5,10H2. The van der Waals surface area contributed by atoms with Crippen LogP contribution in [0.4, 0.5) is 5.69 Å². The lowest BCUT2D eigenvalue weighted by atomic mass is 10.1. The van der Waals surface area contributed by atoms with Crippen molar-refractivity contribution in [1.29, 1.82) is 0 Å². The first-order valence-electron chi connectivity index (χ1n) is 4.31. The second kappa shape index (κ2) is 4.57. The largest absolute Gasteiger partial charge is 0.508 e. The molecule has 5 nitrogen and oxygen atoms in total. The molecule has 0 unspecified atom stereocenters. The molecule has 0 heterocycles. The molecule has 0 spiro atoms. The smallest absolute Gasteiger partial charge is 0.272 e. The number of phenolic OH excluding ortho intramolecular Hbond substituents is 1. The van der Waals surface area contributed by atoms with E-state index in [0.717, 1.165) is 0 Å². The molecule has 1 aromatic rings. The molecule has 0 bridgehead atoms. The zero-order chi connectivity index (χ0) is 10.6. The number of nitro groups is 1. The van der Waals surface area contributed by atoms with Crippen LogP contribution in [0.15, 0.2) is 18.2 Å². The fourth-order valence-corrected chi connectivity index (χ4v) is 1.24. The zero-order valence-corrected chi connectivity index (χ0v) is 7.64. The third kappa shape index (κ3) is 2.43. The van der Waals surface area contributed by atoms with Crippen LogP contribution < -0.4 is 5.73 Å². The summed E-state index contributed by atoms with van der Waals surface area (Å²) in [6.45, 7) is 0.479. The zero-order valence-electron chi connectivity index (χ0n) is 7.64. The van der Waals surface area contributed by atoms with E-state index in [0.29, 0.717) is 24.9 Å². The van der Waals surface area contributed by atoms with E-state index >= 15 is 0 Å². The van der Waals surface area contributed by atoms with Crippen LogP contribution in [0.1, 0.15) is 12.0 Å². The van der Waals surface area contributed by atoms with Gasteiger partial charge in [-0.3, -0.25) is 10.1 Å². The summed E-state index contributed by atoms with van der Waals surface area (Å²) >= 11 is 0. The van der Waals surface area contributed by atoms with Crippen molar-refractivity contribution in [2.75, 3.05) is 6.54 Å². The average Bonchev–Trinajstić information content (AvgIpc) is 2.14. The van der Waals surface area contributed by atoms with Gasteiger partial charge in [0.05, 0.1) is 4.92 Å². The second-order valence-electron chi connectivity index (χ2n) is 2.96. The number of aryl methyl sites for hydroxylation is 1. The number of nitrogens with two attached hydrogens (primary N) is 1. The first-order valence-corrected chi connectivity index (χ1v) is 4.31. The van der Waals surface area contributed by atoms with Crippen molar-refractivity contribution in [3.05, 3.63) is 33.9 Å². The molecule has 0 saturated heterocycles. The van der Waals surface area contributed by atoms with Gasteiger partial charge in [0.2, 0.25) is 0 Å². The van der Waals surface area contributed by atoms with E-state index in [1.807, 2.05) is 0 Å². The molecule has 76 valence electrons. The third-order valence-electron chi connectivity index (χ3n) is 1.91. The maximum atomic E-state index is 10.6. The van der Waals surface area contributed by atoms with Crippen LogP contribution in [0.3, 0.4) is 0 Å². The second-order valence-corrected chi connectivity index (χ2v) is 2.96. The van der Waals surface area contributed by atoms with Crippen molar-refractivity contribution < 1.29 is 10.0 Å². The molecular formula is C9H12N2O3. The first kappa shape index (κ1) is 10.5. The number of benzene rings is 1. The Balaban J connectivity index is 2.97. The minimum atomic E-state index is -0.453. The first-order chi connectivity index (χ1) is 6.65. The Bertz CT molecular complexity index is 339. The Labute approximate surface area is 81.3 Å². The van der Waals surface area contributed by atoms with E-state index in [-0.39, 0.29) is 11.4 Å². The van der Waals surface area contributed by atoms with Gasteiger partial charge in [-0.05, 0) is 31.5 Å². The maximum Gasteiger partial charge on any atom is 0.272 e. The summed E-state index contributed by atoms with van der Waals surface area (Å²) < 4.78 is 0. The van der Waals surface area contributed by atoms with E-state index in [1.165, 1.54) is 18.2 Å². The molecule has 0 saturated carbocycles. The molecule has 0 radical (unpaired) electrons. The molecule has 0 atom stereocenters. The van der Waals surface area contributed by atoms with Gasteiger partial charge in [-0.2, -0.15) is 0 Å². The third-order valence-corrected chi connectivity index (χ3v) is 1.91. The maximum absolute atomic E-state index is 10.6. The fraction of sp³-hybridized carbons (Fsp3) is 0.333. The van der Waals surface area contributed by atoms with Crippen LogP contribution in [0, 0.1) is 10.1 Å². The molecule has 5 heteroatoms. The van der Waals surface area contributed by atoms with E-state index in [1.54, 1.807) is 0 Å². The van der Waals surface area contributed by atoms with Gasteiger partial charge in [0.1, 0.15) is 5.75 Å². The van der Waals surface area contributed by atoms with Crippen LogP contribution in [-0.4, -0.2) is 16.6 Å². The molecule has 3 N–H and O–H groups in total. The van der Waals surface area contributed by atoms with Gasteiger partial charge in [0, 0.05) is 11.6 Å². The highest BCUT2D eigenvalue weighted by atomic mass is 16.6. The minimum Gasteiger partial charge on any atom is -0.508 e. The molecular weight excluding hydrogens is 184 g/mol. The average molecular weight is 196 g/mol. The lowest BCUT2D eigenvalue weighted by Gasteiger charge is -2.02. The minimum absolute atomic E-state index is 0.0382. The lowest BCUT2D eigenvalue weighted by molar-refractivity contribution is -0.385.